The molecule has 6 nitrogen and oxygen atoms in total. The number of aryl methyl sites for hydroxylation is 1. The summed E-state index contributed by atoms with van der Waals surface area (Å²) in [4.78, 5) is 18.2. The van der Waals surface area contributed by atoms with E-state index < -0.39 is 15.9 Å². The molecular weight excluding hydrogens is 518 g/mol. The number of imidazole rings is 1. The fraction of sp³-hybridized carbons (Fsp3) is 0.0667. The molecule has 5 aromatic rings. The Morgan fingerprint density at radius 3 is 2.29 bits per heavy atom. The number of nitrogens with zero attached hydrogens (tertiary/aromatic N) is 3. The average molecular weight is 542 g/mol. The lowest BCUT2D eigenvalue weighted by molar-refractivity contribution is 0.101. The van der Waals surface area contributed by atoms with Gasteiger partial charge in [0.1, 0.15) is 5.82 Å². The van der Waals surface area contributed by atoms with E-state index in [0.717, 1.165) is 32.2 Å². The molecule has 0 radical (unpaired) electrons. The molecule has 1 amide bonds. The molecule has 0 fully saturated rings. The summed E-state index contributed by atoms with van der Waals surface area (Å²) in [6, 6.07) is 29.1. The third-order valence-corrected chi connectivity index (χ3v) is 7.97. The van der Waals surface area contributed by atoms with Crippen molar-refractivity contribution in [2.45, 2.75) is 13.5 Å². The quantitative estimate of drug-likeness (QED) is 0.226. The lowest BCUT2D eigenvalue weighted by atomic mass is 10.0. The number of amides is 1. The monoisotopic (exact) mass is 541 g/mol. The van der Waals surface area contributed by atoms with E-state index in [1.807, 2.05) is 60.0 Å². The number of sulfonamides is 1. The van der Waals surface area contributed by atoms with Crippen LogP contribution >= 0.6 is 11.6 Å². The molecule has 0 saturated heterocycles. The summed E-state index contributed by atoms with van der Waals surface area (Å²) in [6.45, 7) is 5.71. The normalized spacial score (nSPS) is 11.4. The summed E-state index contributed by atoms with van der Waals surface area (Å²) >= 11 is 6.69. The molecule has 0 bridgehead atoms. The second kappa shape index (κ2) is 10.3. The van der Waals surface area contributed by atoms with Gasteiger partial charge in [-0.3, -0.25) is 4.79 Å². The minimum atomic E-state index is -4.09. The smallest absolute Gasteiger partial charge is 0.272 e. The fourth-order valence-electron chi connectivity index (χ4n) is 4.37. The predicted molar refractivity (Wildman–Crippen MR) is 153 cm³/mol. The van der Waals surface area contributed by atoms with E-state index in [1.165, 1.54) is 0 Å². The van der Waals surface area contributed by atoms with Crippen molar-refractivity contribution >= 4 is 44.3 Å². The molecule has 4 aromatic carbocycles. The predicted octanol–water partition coefficient (Wildman–Crippen LogP) is 6.83. The highest BCUT2D eigenvalue weighted by atomic mass is 35.5. The Morgan fingerprint density at radius 1 is 0.947 bits per heavy atom. The molecule has 0 aliphatic heterocycles. The van der Waals surface area contributed by atoms with Crippen molar-refractivity contribution in [2.24, 2.45) is 0 Å². The lowest BCUT2D eigenvalue weighted by Crippen LogP contribution is -2.35. The molecule has 0 aliphatic rings. The number of carbonyl (C=O) groups is 1. The van der Waals surface area contributed by atoms with Crippen LogP contribution in [0.15, 0.2) is 109 Å². The minimum Gasteiger partial charge on any atom is -0.324 e. The van der Waals surface area contributed by atoms with Gasteiger partial charge in [-0.2, -0.15) is 4.31 Å². The topological polar surface area (TPSA) is 72.3 Å². The van der Waals surface area contributed by atoms with Crippen molar-refractivity contribution in [3.63, 3.8) is 0 Å². The van der Waals surface area contributed by atoms with Gasteiger partial charge >= 0.3 is 0 Å². The third-order valence-electron chi connectivity index (χ3n) is 6.31. The number of para-hydroxylation sites is 1. The van der Waals surface area contributed by atoms with Crippen molar-refractivity contribution in [3.05, 3.63) is 131 Å². The number of aromatic nitrogens is 2. The van der Waals surface area contributed by atoms with Gasteiger partial charge in [0.2, 0.25) is 0 Å². The molecule has 5 rings (SSSR count). The zero-order chi connectivity index (χ0) is 26.9. The highest BCUT2D eigenvalue weighted by Crippen LogP contribution is 2.29. The number of hydrogen-bond donors (Lipinski definition) is 0. The van der Waals surface area contributed by atoms with Gasteiger partial charge in [-0.1, -0.05) is 78.8 Å². The van der Waals surface area contributed by atoms with Gasteiger partial charge in [0.05, 0.1) is 23.3 Å². The first-order valence-corrected chi connectivity index (χ1v) is 13.7. The Labute approximate surface area is 226 Å². The van der Waals surface area contributed by atoms with Crippen molar-refractivity contribution in [2.75, 3.05) is 4.31 Å². The Hall–Kier alpha value is -4.20. The van der Waals surface area contributed by atoms with Gasteiger partial charge in [-0.15, -0.1) is 0 Å². The molecule has 0 atom stereocenters. The van der Waals surface area contributed by atoms with Crippen molar-refractivity contribution in [1.29, 1.82) is 0 Å². The number of benzene rings is 4. The zero-order valence-corrected chi connectivity index (χ0v) is 22.2. The van der Waals surface area contributed by atoms with Gasteiger partial charge in [-0.05, 0) is 60.0 Å². The van der Waals surface area contributed by atoms with E-state index in [1.54, 1.807) is 48.5 Å². The maximum absolute atomic E-state index is 13.5. The van der Waals surface area contributed by atoms with E-state index in [-0.39, 0.29) is 11.3 Å². The number of hydrogen-bond acceptors (Lipinski definition) is 4. The van der Waals surface area contributed by atoms with Crippen LogP contribution in [0.4, 0.5) is 5.69 Å². The first-order valence-electron chi connectivity index (χ1n) is 11.9. The van der Waals surface area contributed by atoms with Crippen LogP contribution in [0.25, 0.3) is 22.2 Å². The lowest BCUT2D eigenvalue weighted by Gasteiger charge is -2.20. The summed E-state index contributed by atoms with van der Waals surface area (Å²) in [7, 11) is -4.09. The van der Waals surface area contributed by atoms with Crippen molar-refractivity contribution in [1.82, 2.24) is 9.55 Å². The van der Waals surface area contributed by atoms with Crippen LogP contribution in [0.2, 0.25) is 5.02 Å². The van der Waals surface area contributed by atoms with Gasteiger partial charge in [0.25, 0.3) is 15.9 Å². The van der Waals surface area contributed by atoms with E-state index in [2.05, 4.69) is 11.6 Å². The summed E-state index contributed by atoms with van der Waals surface area (Å²) in [5, 5.41) is 1.39. The Morgan fingerprint density at radius 2 is 1.63 bits per heavy atom. The molecule has 0 saturated carbocycles. The molecule has 190 valence electrons. The Kier molecular flexibility index (Phi) is 6.89. The first-order chi connectivity index (χ1) is 18.3. The molecule has 1 heterocycles. The summed E-state index contributed by atoms with van der Waals surface area (Å²) < 4.78 is 28.3. The maximum atomic E-state index is 13.5. The molecule has 0 spiro atoms. The number of anilines is 1. The van der Waals surface area contributed by atoms with Gasteiger partial charge in [-0.25, -0.2) is 13.4 Å². The summed E-state index contributed by atoms with van der Waals surface area (Å²) in [6.07, 6.45) is 0. The first kappa shape index (κ1) is 25.4. The zero-order valence-electron chi connectivity index (χ0n) is 20.6. The standard InChI is InChI=1S/C30H24ClN3O3S/c1-3-38(36,37)34(26-12-8-5-9-13-26)30(35)24-16-17-28-29(19-24)33(21(2)32-28)20-25-15-14-23(18-27(25)31)22-10-6-4-7-11-22/h3-19H,1,20H2,2H3. The van der Waals surface area contributed by atoms with Crippen LogP contribution in [0.3, 0.4) is 0 Å². The van der Waals surface area contributed by atoms with Crippen LogP contribution in [-0.2, 0) is 16.6 Å². The molecule has 0 unspecified atom stereocenters. The summed E-state index contributed by atoms with van der Waals surface area (Å²) in [5.41, 5.74) is 4.81. The van der Waals surface area contributed by atoms with Gasteiger partial charge < -0.3 is 4.57 Å². The van der Waals surface area contributed by atoms with Gasteiger partial charge in [0.15, 0.2) is 0 Å². The molecule has 38 heavy (non-hydrogen) atoms. The average Bonchev–Trinajstić information content (AvgIpc) is 3.24. The largest absolute Gasteiger partial charge is 0.324 e. The fourth-order valence-corrected chi connectivity index (χ4v) is 5.51. The number of fused-ring (bicyclic) bond motifs is 1. The second-order valence-corrected chi connectivity index (χ2v) is 10.9. The van der Waals surface area contributed by atoms with Crippen molar-refractivity contribution in [3.8, 4) is 11.1 Å². The molecule has 0 N–H and O–H groups in total. The minimum absolute atomic E-state index is 0.207. The van der Waals surface area contributed by atoms with E-state index in [0.29, 0.717) is 22.6 Å². The van der Waals surface area contributed by atoms with Crippen LogP contribution in [0.1, 0.15) is 21.7 Å². The number of halogens is 1. The second-order valence-electron chi connectivity index (χ2n) is 8.74. The Bertz CT molecular complexity index is 1770. The highest BCUT2D eigenvalue weighted by Gasteiger charge is 2.28. The van der Waals surface area contributed by atoms with Crippen molar-refractivity contribution < 1.29 is 13.2 Å². The molecule has 0 aliphatic carbocycles. The van der Waals surface area contributed by atoms with Crippen LogP contribution in [-0.4, -0.2) is 23.9 Å². The molecule has 8 heteroatoms. The van der Waals surface area contributed by atoms with E-state index >= 15 is 0 Å². The highest BCUT2D eigenvalue weighted by molar-refractivity contribution is 7.96. The molecule has 1 aromatic heterocycles. The third kappa shape index (κ3) is 4.86. The SMILES string of the molecule is C=CS(=O)(=O)N(C(=O)c1ccc2nc(C)n(Cc3ccc(-c4ccccc4)cc3Cl)c2c1)c1ccccc1. The van der Waals surface area contributed by atoms with Crippen LogP contribution < -0.4 is 4.31 Å². The number of carbonyl (C=O) groups excluding carboxylic acids is 1. The molecular formula is C30H24ClN3O3S. The maximum Gasteiger partial charge on any atom is 0.272 e. The van der Waals surface area contributed by atoms with Gasteiger partial charge in [0, 0.05) is 16.0 Å². The van der Waals surface area contributed by atoms with E-state index in [4.69, 9.17) is 11.6 Å². The van der Waals surface area contributed by atoms with Crippen LogP contribution in [0.5, 0.6) is 0 Å². The van der Waals surface area contributed by atoms with E-state index in [9.17, 15) is 13.2 Å². The Balaban J connectivity index is 1.53. The number of rotatable bonds is 7. The van der Waals surface area contributed by atoms with Crippen LogP contribution in [0, 0.1) is 6.92 Å². The summed E-state index contributed by atoms with van der Waals surface area (Å²) in [5.74, 6) is 0.0556.